The summed E-state index contributed by atoms with van der Waals surface area (Å²) >= 11 is 5.92. The van der Waals surface area contributed by atoms with E-state index in [2.05, 4.69) is 0 Å². The highest BCUT2D eigenvalue weighted by Crippen LogP contribution is 2.30. The van der Waals surface area contributed by atoms with Crippen LogP contribution < -0.4 is 10.4 Å². The van der Waals surface area contributed by atoms with Gasteiger partial charge in [-0.3, -0.25) is 4.57 Å². The molecule has 1 aromatic carbocycles. The van der Waals surface area contributed by atoms with Gasteiger partial charge in [-0.15, -0.1) is 0 Å². The van der Waals surface area contributed by atoms with E-state index in [1.54, 1.807) is 13.2 Å². The first-order chi connectivity index (χ1) is 8.90. The van der Waals surface area contributed by atoms with Crippen molar-refractivity contribution in [3.8, 4) is 11.4 Å². The van der Waals surface area contributed by atoms with Gasteiger partial charge < -0.3 is 9.30 Å². The Morgan fingerprint density at radius 1 is 1.32 bits per heavy atom. The highest BCUT2D eigenvalue weighted by Gasteiger charge is 2.14. The Labute approximate surface area is 115 Å². The molecule has 0 saturated carbocycles. The van der Waals surface area contributed by atoms with Crippen molar-refractivity contribution < 1.29 is 9.13 Å². The maximum absolute atomic E-state index is 13.9. The smallest absolute Gasteiger partial charge is 0.332 e. The summed E-state index contributed by atoms with van der Waals surface area (Å²) in [6, 6.07) is 2.58. The predicted octanol–water partition coefficient (Wildman–Crippen LogP) is 2.76. The monoisotopic (exact) mass is 284 g/mol. The van der Waals surface area contributed by atoms with Crippen molar-refractivity contribution in [2.24, 2.45) is 7.05 Å². The summed E-state index contributed by atoms with van der Waals surface area (Å²) in [6.07, 6.45) is 2.95. The molecule has 0 aliphatic heterocycles. The van der Waals surface area contributed by atoms with Gasteiger partial charge in [-0.2, -0.15) is 0 Å². The Morgan fingerprint density at radius 2 is 2.00 bits per heavy atom. The van der Waals surface area contributed by atoms with E-state index in [0.29, 0.717) is 5.75 Å². The first-order valence-electron chi connectivity index (χ1n) is 5.80. The number of benzene rings is 1. The molecule has 0 atom stereocenters. The van der Waals surface area contributed by atoms with Crippen LogP contribution in [0.25, 0.3) is 5.69 Å². The summed E-state index contributed by atoms with van der Waals surface area (Å²) in [6.45, 7) is 3.68. The van der Waals surface area contributed by atoms with E-state index in [0.717, 1.165) is 6.07 Å². The van der Waals surface area contributed by atoms with Crippen molar-refractivity contribution in [1.82, 2.24) is 9.13 Å². The van der Waals surface area contributed by atoms with Crippen molar-refractivity contribution in [3.05, 3.63) is 45.9 Å². The predicted molar refractivity (Wildman–Crippen MR) is 71.7 cm³/mol. The fourth-order valence-corrected chi connectivity index (χ4v) is 1.89. The highest BCUT2D eigenvalue weighted by atomic mass is 35.5. The molecule has 0 amide bonds. The molecule has 19 heavy (non-hydrogen) atoms. The molecule has 1 aromatic heterocycles. The Hall–Kier alpha value is -1.75. The standard InChI is InChI=1S/C13H14ClFN2O2/c1-8(2)19-12-7-11(10(15)6-9(12)14)17-5-4-16(3)13(17)18/h4-8H,1-3H3. The van der Waals surface area contributed by atoms with Gasteiger partial charge in [0.1, 0.15) is 11.6 Å². The largest absolute Gasteiger partial charge is 0.489 e. The van der Waals surface area contributed by atoms with Crippen molar-refractivity contribution >= 4 is 11.6 Å². The van der Waals surface area contributed by atoms with Crippen LogP contribution in [-0.4, -0.2) is 15.2 Å². The maximum atomic E-state index is 13.9. The molecule has 4 nitrogen and oxygen atoms in total. The van der Waals surface area contributed by atoms with Crippen molar-refractivity contribution in [1.29, 1.82) is 0 Å². The van der Waals surface area contributed by atoms with Gasteiger partial charge in [-0.05, 0) is 19.9 Å². The molecular formula is C13H14ClFN2O2. The van der Waals surface area contributed by atoms with Gasteiger partial charge in [0.2, 0.25) is 0 Å². The van der Waals surface area contributed by atoms with Gasteiger partial charge in [0, 0.05) is 25.5 Å². The van der Waals surface area contributed by atoms with E-state index in [4.69, 9.17) is 16.3 Å². The second kappa shape index (κ2) is 5.09. The molecule has 0 radical (unpaired) electrons. The van der Waals surface area contributed by atoms with Crippen molar-refractivity contribution in [2.75, 3.05) is 0 Å². The Balaban J connectivity index is 2.57. The summed E-state index contributed by atoms with van der Waals surface area (Å²) < 4.78 is 22.0. The second-order valence-electron chi connectivity index (χ2n) is 4.46. The van der Waals surface area contributed by atoms with E-state index >= 15 is 0 Å². The number of rotatable bonds is 3. The van der Waals surface area contributed by atoms with Gasteiger partial charge in [0.25, 0.3) is 0 Å². The first-order valence-corrected chi connectivity index (χ1v) is 6.18. The molecule has 0 bridgehead atoms. The van der Waals surface area contributed by atoms with Crippen LogP contribution in [0.15, 0.2) is 29.3 Å². The molecular weight excluding hydrogens is 271 g/mol. The third-order valence-electron chi connectivity index (χ3n) is 2.57. The molecule has 2 rings (SSSR count). The minimum absolute atomic E-state index is 0.0942. The lowest BCUT2D eigenvalue weighted by Crippen LogP contribution is -2.21. The van der Waals surface area contributed by atoms with Crippen LogP contribution in [0.5, 0.6) is 5.75 Å². The van der Waals surface area contributed by atoms with Crippen molar-refractivity contribution in [3.63, 3.8) is 0 Å². The molecule has 102 valence electrons. The number of halogens is 2. The molecule has 0 N–H and O–H groups in total. The average molecular weight is 285 g/mol. The van der Waals surface area contributed by atoms with E-state index in [-0.39, 0.29) is 22.5 Å². The SMILES string of the molecule is CC(C)Oc1cc(-n2ccn(C)c2=O)c(F)cc1Cl. The van der Waals surface area contributed by atoms with Crippen molar-refractivity contribution in [2.45, 2.75) is 20.0 Å². The average Bonchev–Trinajstić information content (AvgIpc) is 2.63. The van der Waals surface area contributed by atoms with Crippen LogP contribution in [0.1, 0.15) is 13.8 Å². The third kappa shape index (κ3) is 2.66. The number of ether oxygens (including phenoxy) is 1. The minimum atomic E-state index is -0.575. The van der Waals surface area contributed by atoms with Gasteiger partial charge in [-0.1, -0.05) is 11.6 Å². The lowest BCUT2D eigenvalue weighted by Gasteiger charge is -2.13. The molecule has 0 saturated heterocycles. The summed E-state index contributed by atoms with van der Waals surface area (Å²) in [7, 11) is 1.60. The van der Waals surface area contributed by atoms with Crippen LogP contribution in [-0.2, 0) is 7.05 Å². The molecule has 0 aliphatic carbocycles. The summed E-state index contributed by atoms with van der Waals surface area (Å²) in [4.78, 5) is 11.8. The normalized spacial score (nSPS) is 11.1. The van der Waals surface area contributed by atoms with Crippen LogP contribution in [0.4, 0.5) is 4.39 Å². The zero-order valence-corrected chi connectivity index (χ0v) is 11.6. The van der Waals surface area contributed by atoms with Gasteiger partial charge in [0.15, 0.2) is 0 Å². The Kier molecular flexibility index (Phi) is 3.66. The highest BCUT2D eigenvalue weighted by molar-refractivity contribution is 6.32. The van der Waals surface area contributed by atoms with Gasteiger partial charge in [0.05, 0.1) is 16.8 Å². The quantitative estimate of drug-likeness (QED) is 0.869. The van der Waals surface area contributed by atoms with Crippen LogP contribution in [0.3, 0.4) is 0 Å². The third-order valence-corrected chi connectivity index (χ3v) is 2.87. The van der Waals surface area contributed by atoms with Gasteiger partial charge in [-0.25, -0.2) is 9.18 Å². The number of aromatic nitrogens is 2. The zero-order valence-electron chi connectivity index (χ0n) is 10.9. The van der Waals surface area contributed by atoms with Crippen LogP contribution >= 0.6 is 11.6 Å². The fourth-order valence-electron chi connectivity index (χ4n) is 1.69. The second-order valence-corrected chi connectivity index (χ2v) is 4.87. The van der Waals surface area contributed by atoms with E-state index in [1.807, 2.05) is 13.8 Å². The molecule has 6 heteroatoms. The Bertz CT molecular complexity index is 661. The molecule has 0 aliphatic rings. The van der Waals surface area contributed by atoms with E-state index in [1.165, 1.54) is 21.4 Å². The van der Waals surface area contributed by atoms with Crippen LogP contribution in [0.2, 0.25) is 5.02 Å². The van der Waals surface area contributed by atoms with Gasteiger partial charge >= 0.3 is 5.69 Å². The van der Waals surface area contributed by atoms with E-state index < -0.39 is 5.82 Å². The molecule has 1 heterocycles. The molecule has 0 spiro atoms. The van der Waals surface area contributed by atoms with E-state index in [9.17, 15) is 9.18 Å². The minimum Gasteiger partial charge on any atom is -0.489 e. The molecule has 0 fully saturated rings. The lowest BCUT2D eigenvalue weighted by atomic mass is 10.2. The summed E-state index contributed by atoms with van der Waals surface area (Å²) in [5.41, 5.74) is -0.220. The first kappa shape index (κ1) is 13.7. The zero-order chi connectivity index (χ0) is 14.2. The molecule has 2 aromatic rings. The number of aryl methyl sites for hydroxylation is 1. The Morgan fingerprint density at radius 3 is 2.53 bits per heavy atom. The number of hydrogen-bond acceptors (Lipinski definition) is 2. The fraction of sp³-hybridized carbons (Fsp3) is 0.308. The number of hydrogen-bond donors (Lipinski definition) is 0. The summed E-state index contributed by atoms with van der Waals surface area (Å²) in [5, 5.41) is 0.180. The summed E-state index contributed by atoms with van der Waals surface area (Å²) in [5.74, 6) is -0.224. The maximum Gasteiger partial charge on any atom is 0.332 e. The number of imidazole rings is 1. The number of nitrogens with zero attached hydrogens (tertiary/aromatic N) is 2. The molecule has 0 unspecified atom stereocenters. The van der Waals surface area contributed by atoms with Crippen LogP contribution in [0, 0.1) is 5.82 Å². The topological polar surface area (TPSA) is 36.2 Å². The lowest BCUT2D eigenvalue weighted by molar-refractivity contribution is 0.242.